The monoisotopic (exact) mass is 595 g/mol. The van der Waals surface area contributed by atoms with Gasteiger partial charge in [-0.25, -0.2) is 0 Å². The number of anilines is 1. The summed E-state index contributed by atoms with van der Waals surface area (Å²) < 4.78 is 37.8. The van der Waals surface area contributed by atoms with E-state index in [0.717, 1.165) is 0 Å². The molecular weight excluding hydrogens is 576 g/mol. The van der Waals surface area contributed by atoms with Crippen molar-refractivity contribution in [3.8, 4) is 11.5 Å². The van der Waals surface area contributed by atoms with Gasteiger partial charge in [0.05, 0.1) is 29.2 Å². The van der Waals surface area contributed by atoms with E-state index in [1.54, 1.807) is 49.4 Å². The number of nitrogens with zero attached hydrogens (tertiary/aromatic N) is 2. The molecule has 0 saturated heterocycles. The number of halogens is 2. The van der Waals surface area contributed by atoms with Crippen LogP contribution in [0, 0.1) is 0 Å². The van der Waals surface area contributed by atoms with E-state index in [4.69, 9.17) is 27.9 Å². The van der Waals surface area contributed by atoms with Crippen molar-refractivity contribution in [1.29, 1.82) is 0 Å². The van der Waals surface area contributed by atoms with Crippen LogP contribution in [-0.2, 0) is 16.5 Å². The van der Waals surface area contributed by atoms with E-state index < -0.39 is 26.7 Å². The molecule has 1 amide bonds. The standard InChI is InChI=1S/C26H21Cl2N3O6S.Na/c1-3-14-12-22(38(34,35)36)18(27)13-20(14)30-31-24-16-8-5-4-7-15(16)11-17(25(24)32)26(33)29-19-9-6-10-21(37-2)23(19)28;/h4-13,32H,3H2,1-2H3,(H,29,33)(H,34,35,36);/q;+1/p-1. The summed E-state index contributed by atoms with van der Waals surface area (Å²) in [5.74, 6) is -1.03. The zero-order valence-electron chi connectivity index (χ0n) is 21.0. The van der Waals surface area contributed by atoms with E-state index in [2.05, 4.69) is 15.5 Å². The number of methoxy groups -OCH3 is 1. The summed E-state index contributed by atoms with van der Waals surface area (Å²) in [6.07, 6.45) is 0.336. The largest absolute Gasteiger partial charge is 1.00 e. The molecule has 0 saturated carbocycles. The number of hydrogen-bond acceptors (Lipinski definition) is 7. The molecule has 4 aromatic rings. The molecular formula is C26H20Cl2N3NaO6S. The average Bonchev–Trinajstić information content (AvgIpc) is 2.88. The summed E-state index contributed by atoms with van der Waals surface area (Å²) in [5, 5.41) is 25.3. The number of azo groups is 1. The second-order valence-electron chi connectivity index (χ2n) is 8.04. The number of benzene rings is 4. The predicted octanol–water partition coefficient (Wildman–Crippen LogP) is 3.71. The Kier molecular flexibility index (Phi) is 10.0. The van der Waals surface area contributed by atoms with Crippen molar-refractivity contribution < 1.29 is 57.2 Å². The van der Waals surface area contributed by atoms with Gasteiger partial charge < -0.3 is 15.2 Å². The fourth-order valence-electron chi connectivity index (χ4n) is 3.79. The number of fused-ring (bicyclic) bond motifs is 1. The first-order valence-corrected chi connectivity index (χ1v) is 13.3. The molecule has 0 aliphatic rings. The van der Waals surface area contributed by atoms with E-state index in [0.29, 0.717) is 28.5 Å². The first-order valence-electron chi connectivity index (χ1n) is 11.1. The SMILES string of the molecule is CCc1cc(S(=O)(=O)O)c(Cl)cc1N=Nc1c([O-])c(C(=O)Nc2cccc(OC)c2Cl)cc2ccccc12.[Na+]. The minimum atomic E-state index is -4.55. The molecule has 2 N–H and O–H groups in total. The van der Waals surface area contributed by atoms with Gasteiger partial charge in [0.15, 0.2) is 0 Å². The summed E-state index contributed by atoms with van der Waals surface area (Å²) >= 11 is 12.3. The Labute approximate surface area is 256 Å². The number of nitrogens with one attached hydrogen (secondary N) is 1. The van der Waals surface area contributed by atoms with E-state index in [1.807, 2.05) is 0 Å². The van der Waals surface area contributed by atoms with Crippen LogP contribution in [0.5, 0.6) is 11.5 Å². The molecule has 0 fully saturated rings. The first-order chi connectivity index (χ1) is 18.0. The van der Waals surface area contributed by atoms with Crippen molar-refractivity contribution >= 4 is 67.1 Å². The predicted molar refractivity (Wildman–Crippen MR) is 144 cm³/mol. The van der Waals surface area contributed by atoms with Crippen molar-refractivity contribution in [3.63, 3.8) is 0 Å². The Balaban J connectivity index is 0.00000420. The number of amides is 1. The molecule has 39 heavy (non-hydrogen) atoms. The Morgan fingerprint density at radius 3 is 2.46 bits per heavy atom. The van der Waals surface area contributed by atoms with Gasteiger partial charge in [-0.05, 0) is 47.7 Å². The Hall–Kier alpha value is -2.70. The van der Waals surface area contributed by atoms with Crippen LogP contribution in [0.3, 0.4) is 0 Å². The maximum Gasteiger partial charge on any atom is 1.00 e. The van der Waals surface area contributed by atoms with Crippen molar-refractivity contribution in [2.45, 2.75) is 18.2 Å². The molecule has 0 aliphatic heterocycles. The summed E-state index contributed by atoms with van der Waals surface area (Å²) in [6, 6.07) is 15.6. The molecule has 13 heteroatoms. The van der Waals surface area contributed by atoms with E-state index >= 15 is 0 Å². The topological polar surface area (TPSA) is 140 Å². The van der Waals surface area contributed by atoms with Crippen LogP contribution in [0.25, 0.3) is 10.8 Å². The van der Waals surface area contributed by atoms with Crippen LogP contribution in [-0.4, -0.2) is 26.0 Å². The second kappa shape index (κ2) is 12.6. The molecule has 9 nitrogen and oxygen atoms in total. The van der Waals surface area contributed by atoms with Gasteiger partial charge in [0.25, 0.3) is 16.0 Å². The van der Waals surface area contributed by atoms with Crippen LogP contribution in [0.2, 0.25) is 10.0 Å². The minimum Gasteiger partial charge on any atom is -0.870 e. The van der Waals surface area contributed by atoms with Gasteiger partial charge >= 0.3 is 29.6 Å². The molecule has 196 valence electrons. The zero-order valence-corrected chi connectivity index (χ0v) is 25.4. The van der Waals surface area contributed by atoms with Crippen LogP contribution in [0.15, 0.2) is 75.8 Å². The quantitative estimate of drug-likeness (QED) is 0.189. The Bertz CT molecular complexity index is 1710. The summed E-state index contributed by atoms with van der Waals surface area (Å²) in [5.41, 5.74) is 0.595. The van der Waals surface area contributed by atoms with Crippen LogP contribution >= 0.6 is 23.2 Å². The Morgan fingerprint density at radius 2 is 1.79 bits per heavy atom. The third-order valence-corrected chi connectivity index (χ3v) is 7.41. The molecule has 4 aromatic carbocycles. The smallest absolute Gasteiger partial charge is 0.870 e. The zero-order chi connectivity index (χ0) is 27.6. The normalized spacial score (nSPS) is 11.4. The molecule has 0 spiro atoms. The number of ether oxygens (including phenoxy) is 1. The average molecular weight is 596 g/mol. The number of rotatable bonds is 7. The molecule has 0 radical (unpaired) electrons. The number of carbonyl (C=O) groups is 1. The van der Waals surface area contributed by atoms with Crippen LogP contribution in [0.1, 0.15) is 22.8 Å². The number of hydrogen-bond donors (Lipinski definition) is 2. The third-order valence-electron chi connectivity index (χ3n) is 5.70. The van der Waals surface area contributed by atoms with Gasteiger partial charge in [-0.1, -0.05) is 66.2 Å². The second-order valence-corrected chi connectivity index (χ2v) is 10.2. The van der Waals surface area contributed by atoms with Crippen LogP contribution in [0.4, 0.5) is 17.1 Å². The van der Waals surface area contributed by atoms with Crippen molar-refractivity contribution in [2.75, 3.05) is 12.4 Å². The number of aryl methyl sites for hydroxylation is 1. The maximum atomic E-state index is 13.4. The third kappa shape index (κ3) is 6.55. The van der Waals surface area contributed by atoms with Crippen molar-refractivity contribution in [1.82, 2.24) is 0 Å². The van der Waals surface area contributed by atoms with Gasteiger partial charge in [0.1, 0.15) is 15.7 Å². The van der Waals surface area contributed by atoms with Crippen molar-refractivity contribution in [2.24, 2.45) is 10.2 Å². The van der Waals surface area contributed by atoms with E-state index in [1.165, 1.54) is 25.3 Å². The molecule has 4 rings (SSSR count). The molecule has 0 unspecified atom stereocenters. The van der Waals surface area contributed by atoms with Crippen molar-refractivity contribution in [3.05, 3.63) is 81.8 Å². The fraction of sp³-hybridized carbons (Fsp3) is 0.115. The minimum absolute atomic E-state index is 0. The van der Waals surface area contributed by atoms with Gasteiger partial charge in [0.2, 0.25) is 0 Å². The summed E-state index contributed by atoms with van der Waals surface area (Å²) in [6.45, 7) is 1.75. The maximum absolute atomic E-state index is 13.4. The summed E-state index contributed by atoms with van der Waals surface area (Å²) in [7, 11) is -3.11. The van der Waals surface area contributed by atoms with Crippen LogP contribution < -0.4 is 44.7 Å². The van der Waals surface area contributed by atoms with Gasteiger partial charge in [-0.3, -0.25) is 9.35 Å². The molecule has 0 heterocycles. The summed E-state index contributed by atoms with van der Waals surface area (Å²) in [4.78, 5) is 12.7. The van der Waals surface area contributed by atoms with E-state index in [-0.39, 0.29) is 62.2 Å². The molecule has 0 aromatic heterocycles. The first kappa shape index (κ1) is 30.8. The number of carbonyl (C=O) groups excluding carboxylic acids is 1. The molecule has 0 bridgehead atoms. The fourth-order valence-corrected chi connectivity index (χ4v) is 5.09. The van der Waals surface area contributed by atoms with Gasteiger partial charge in [0, 0.05) is 10.9 Å². The Morgan fingerprint density at radius 1 is 1.08 bits per heavy atom. The van der Waals surface area contributed by atoms with E-state index in [9.17, 15) is 22.9 Å². The molecule has 0 atom stereocenters. The van der Waals surface area contributed by atoms with Gasteiger partial charge in [-0.2, -0.15) is 18.6 Å². The molecule has 0 aliphatic carbocycles. The van der Waals surface area contributed by atoms with Gasteiger partial charge in [-0.15, -0.1) is 0 Å².